The molecule has 0 atom stereocenters. The molecule has 3 aromatic rings. The highest BCUT2D eigenvalue weighted by Gasteiger charge is 2.12. The topological polar surface area (TPSA) is 85.8 Å². The van der Waals surface area contributed by atoms with Crippen molar-refractivity contribution in [2.24, 2.45) is 0 Å². The van der Waals surface area contributed by atoms with E-state index >= 15 is 0 Å². The Morgan fingerprint density at radius 1 is 1.24 bits per heavy atom. The van der Waals surface area contributed by atoms with Crippen molar-refractivity contribution in [3.8, 4) is 0 Å². The molecule has 0 saturated heterocycles. The molecular formula is C19H21N5O. The Bertz CT molecular complexity index is 863. The van der Waals surface area contributed by atoms with Crippen molar-refractivity contribution in [2.75, 3.05) is 5.73 Å². The molecule has 25 heavy (non-hydrogen) atoms. The molecule has 2 aromatic heterocycles. The summed E-state index contributed by atoms with van der Waals surface area (Å²) >= 11 is 0. The number of carbonyl (C=O) groups is 1. The third-order valence-corrected chi connectivity index (χ3v) is 4.07. The minimum Gasteiger partial charge on any atom is -0.384 e. The van der Waals surface area contributed by atoms with Crippen LogP contribution in [-0.4, -0.2) is 20.4 Å². The lowest BCUT2D eigenvalue weighted by atomic mass is 10.1. The lowest BCUT2D eigenvalue weighted by molar-refractivity contribution is 0.0946. The average molecular weight is 335 g/mol. The molecule has 0 aliphatic carbocycles. The minimum absolute atomic E-state index is 0.206. The highest BCUT2D eigenvalue weighted by Crippen LogP contribution is 2.14. The van der Waals surface area contributed by atoms with Gasteiger partial charge in [0.05, 0.1) is 6.33 Å². The highest BCUT2D eigenvalue weighted by molar-refractivity contribution is 5.92. The van der Waals surface area contributed by atoms with Gasteiger partial charge in [0.1, 0.15) is 11.5 Å². The van der Waals surface area contributed by atoms with Gasteiger partial charge in [0.15, 0.2) is 0 Å². The van der Waals surface area contributed by atoms with Crippen molar-refractivity contribution in [1.29, 1.82) is 0 Å². The number of aromatic nitrogens is 3. The standard InChI is InChI=1S/C19H21N5O/c1-13-8-18(20)23-14(2)16(13)9-21-19(25)17-11-24(12-22-17)10-15-6-4-3-5-7-15/h3-8,11-12H,9-10H2,1-2H3,(H2,20,23)(H,21,25). The molecule has 0 fully saturated rings. The summed E-state index contributed by atoms with van der Waals surface area (Å²) in [7, 11) is 0. The van der Waals surface area contributed by atoms with Crippen molar-refractivity contribution in [2.45, 2.75) is 26.9 Å². The largest absolute Gasteiger partial charge is 0.384 e. The van der Waals surface area contributed by atoms with E-state index in [0.29, 0.717) is 24.6 Å². The van der Waals surface area contributed by atoms with Crippen molar-refractivity contribution < 1.29 is 4.79 Å². The molecule has 1 aromatic carbocycles. The van der Waals surface area contributed by atoms with Gasteiger partial charge in [0.25, 0.3) is 5.91 Å². The van der Waals surface area contributed by atoms with Gasteiger partial charge in [0, 0.05) is 25.0 Å². The van der Waals surface area contributed by atoms with Crippen LogP contribution < -0.4 is 11.1 Å². The second-order valence-electron chi connectivity index (χ2n) is 6.03. The van der Waals surface area contributed by atoms with Gasteiger partial charge in [0.2, 0.25) is 0 Å². The van der Waals surface area contributed by atoms with Crippen LogP contribution in [0.5, 0.6) is 0 Å². The number of benzene rings is 1. The van der Waals surface area contributed by atoms with E-state index in [0.717, 1.165) is 22.4 Å². The van der Waals surface area contributed by atoms with Gasteiger partial charge in [-0.2, -0.15) is 0 Å². The Morgan fingerprint density at radius 3 is 2.72 bits per heavy atom. The number of aryl methyl sites for hydroxylation is 2. The Kier molecular flexibility index (Phi) is 4.79. The van der Waals surface area contributed by atoms with Crippen LogP contribution in [0.25, 0.3) is 0 Å². The fraction of sp³-hybridized carbons (Fsp3) is 0.211. The Labute approximate surface area is 146 Å². The number of nitrogen functional groups attached to an aromatic ring is 1. The van der Waals surface area contributed by atoms with Gasteiger partial charge in [-0.3, -0.25) is 4.79 Å². The second-order valence-corrected chi connectivity index (χ2v) is 6.03. The molecule has 0 unspecified atom stereocenters. The Balaban J connectivity index is 1.64. The van der Waals surface area contributed by atoms with Crippen molar-refractivity contribution in [3.63, 3.8) is 0 Å². The van der Waals surface area contributed by atoms with E-state index in [1.165, 1.54) is 0 Å². The third kappa shape index (κ3) is 4.03. The maximum Gasteiger partial charge on any atom is 0.271 e. The molecule has 3 N–H and O–H groups in total. The number of amides is 1. The molecule has 0 aliphatic rings. The molecule has 0 spiro atoms. The number of carbonyl (C=O) groups excluding carboxylic acids is 1. The van der Waals surface area contributed by atoms with Crippen molar-refractivity contribution in [3.05, 3.63) is 77.0 Å². The first kappa shape index (κ1) is 16.7. The lowest BCUT2D eigenvalue weighted by Gasteiger charge is -2.10. The summed E-state index contributed by atoms with van der Waals surface area (Å²) in [6.07, 6.45) is 3.42. The summed E-state index contributed by atoms with van der Waals surface area (Å²) in [4.78, 5) is 20.8. The first-order valence-corrected chi connectivity index (χ1v) is 8.09. The first-order chi connectivity index (χ1) is 12.0. The molecule has 2 heterocycles. The number of hydrogen-bond acceptors (Lipinski definition) is 4. The fourth-order valence-electron chi connectivity index (χ4n) is 2.77. The zero-order valence-corrected chi connectivity index (χ0v) is 14.4. The van der Waals surface area contributed by atoms with Crippen LogP contribution in [0.2, 0.25) is 0 Å². The number of nitrogens with zero attached hydrogens (tertiary/aromatic N) is 3. The summed E-state index contributed by atoms with van der Waals surface area (Å²) in [5.74, 6) is 0.284. The van der Waals surface area contributed by atoms with Gasteiger partial charge in [-0.15, -0.1) is 0 Å². The van der Waals surface area contributed by atoms with Crippen molar-refractivity contribution >= 4 is 11.7 Å². The maximum atomic E-state index is 12.3. The van der Waals surface area contributed by atoms with E-state index in [1.54, 1.807) is 12.5 Å². The monoisotopic (exact) mass is 335 g/mol. The van der Waals surface area contributed by atoms with Gasteiger partial charge >= 0.3 is 0 Å². The van der Waals surface area contributed by atoms with Gasteiger partial charge in [-0.05, 0) is 36.6 Å². The third-order valence-electron chi connectivity index (χ3n) is 4.07. The second kappa shape index (κ2) is 7.17. The highest BCUT2D eigenvalue weighted by atomic mass is 16.1. The van der Waals surface area contributed by atoms with Crippen LogP contribution in [-0.2, 0) is 13.1 Å². The number of imidazole rings is 1. The number of rotatable bonds is 5. The quantitative estimate of drug-likeness (QED) is 0.750. The summed E-state index contributed by atoms with van der Waals surface area (Å²) in [5, 5.41) is 2.90. The van der Waals surface area contributed by atoms with Crippen LogP contribution in [0, 0.1) is 13.8 Å². The maximum absolute atomic E-state index is 12.3. The molecule has 0 bridgehead atoms. The van der Waals surface area contributed by atoms with Gasteiger partial charge < -0.3 is 15.6 Å². The molecule has 1 amide bonds. The van der Waals surface area contributed by atoms with Crippen LogP contribution in [0.4, 0.5) is 5.82 Å². The van der Waals surface area contributed by atoms with E-state index in [1.807, 2.05) is 54.8 Å². The molecule has 0 saturated carbocycles. The minimum atomic E-state index is -0.206. The van der Waals surface area contributed by atoms with Gasteiger partial charge in [-0.25, -0.2) is 9.97 Å². The number of hydrogen-bond donors (Lipinski definition) is 2. The van der Waals surface area contributed by atoms with Crippen molar-refractivity contribution in [1.82, 2.24) is 19.9 Å². The van der Waals surface area contributed by atoms with E-state index in [2.05, 4.69) is 15.3 Å². The molecule has 0 radical (unpaired) electrons. The molecule has 0 aliphatic heterocycles. The van der Waals surface area contributed by atoms with E-state index in [4.69, 9.17) is 5.73 Å². The zero-order valence-electron chi connectivity index (χ0n) is 14.4. The normalized spacial score (nSPS) is 10.6. The summed E-state index contributed by atoms with van der Waals surface area (Å²) < 4.78 is 1.89. The molecule has 3 rings (SSSR count). The smallest absolute Gasteiger partial charge is 0.271 e. The van der Waals surface area contributed by atoms with E-state index < -0.39 is 0 Å². The zero-order chi connectivity index (χ0) is 17.8. The number of nitrogens with one attached hydrogen (secondary N) is 1. The average Bonchev–Trinajstić information content (AvgIpc) is 3.03. The number of anilines is 1. The SMILES string of the molecule is Cc1cc(N)nc(C)c1CNC(=O)c1cn(Cc2ccccc2)cn1. The van der Waals surface area contributed by atoms with Crippen LogP contribution in [0.15, 0.2) is 48.9 Å². The first-order valence-electron chi connectivity index (χ1n) is 8.09. The van der Waals surface area contributed by atoms with Crippen LogP contribution in [0.3, 0.4) is 0 Å². The summed E-state index contributed by atoms with van der Waals surface area (Å²) in [5.41, 5.74) is 10.1. The van der Waals surface area contributed by atoms with E-state index in [9.17, 15) is 4.79 Å². The van der Waals surface area contributed by atoms with Crippen LogP contribution in [0.1, 0.15) is 32.9 Å². The predicted molar refractivity (Wildman–Crippen MR) is 97.1 cm³/mol. The summed E-state index contributed by atoms with van der Waals surface area (Å²) in [6, 6.07) is 11.9. The Morgan fingerprint density at radius 2 is 2.00 bits per heavy atom. The number of nitrogens with two attached hydrogens (primary N) is 1. The summed E-state index contributed by atoms with van der Waals surface area (Å²) in [6.45, 7) is 4.93. The van der Waals surface area contributed by atoms with Gasteiger partial charge in [-0.1, -0.05) is 30.3 Å². The molecule has 6 nitrogen and oxygen atoms in total. The molecule has 128 valence electrons. The number of pyridine rings is 1. The van der Waals surface area contributed by atoms with Crippen LogP contribution >= 0.6 is 0 Å². The lowest BCUT2D eigenvalue weighted by Crippen LogP contribution is -2.24. The molecular weight excluding hydrogens is 314 g/mol. The fourth-order valence-corrected chi connectivity index (χ4v) is 2.77. The van der Waals surface area contributed by atoms with E-state index in [-0.39, 0.29) is 5.91 Å². The predicted octanol–water partition coefficient (Wildman–Crippen LogP) is 2.46. The Hall–Kier alpha value is -3.15. The molecule has 6 heteroatoms.